The van der Waals surface area contributed by atoms with Crippen molar-refractivity contribution >= 4 is 51.6 Å². The number of carbonyl (C=O) groups is 1. The second-order valence-electron chi connectivity index (χ2n) is 6.60. The number of nitrogens with one attached hydrogen (secondary N) is 2. The molecule has 140 valence electrons. The number of fused-ring (bicyclic) bond motifs is 4. The first kappa shape index (κ1) is 17.2. The van der Waals surface area contributed by atoms with Crippen LogP contribution >= 0.6 is 11.6 Å². The lowest BCUT2D eigenvalue weighted by atomic mass is 10.1. The highest BCUT2D eigenvalue weighted by Crippen LogP contribution is 2.45. The summed E-state index contributed by atoms with van der Waals surface area (Å²) in [5.74, 6) is 0.514. The van der Waals surface area contributed by atoms with E-state index in [4.69, 9.17) is 11.6 Å². The van der Waals surface area contributed by atoms with E-state index in [1.165, 1.54) is 0 Å². The fourth-order valence-electron chi connectivity index (χ4n) is 3.51. The molecule has 0 unspecified atom stereocenters. The molecular formula is C22H14ClN5O. The summed E-state index contributed by atoms with van der Waals surface area (Å²) in [6.45, 7) is 0. The van der Waals surface area contributed by atoms with Gasteiger partial charge in [-0.25, -0.2) is 4.90 Å². The predicted molar refractivity (Wildman–Crippen MR) is 114 cm³/mol. The van der Waals surface area contributed by atoms with Crippen molar-refractivity contribution in [1.29, 1.82) is 5.26 Å². The highest BCUT2D eigenvalue weighted by Gasteiger charge is 2.26. The van der Waals surface area contributed by atoms with E-state index in [9.17, 15) is 10.1 Å². The number of halogens is 1. The van der Waals surface area contributed by atoms with Crippen LogP contribution < -0.4 is 15.5 Å². The van der Waals surface area contributed by atoms with Crippen LogP contribution in [0.1, 0.15) is 10.4 Å². The van der Waals surface area contributed by atoms with E-state index in [0.29, 0.717) is 22.0 Å². The maximum absolute atomic E-state index is 12.6. The van der Waals surface area contributed by atoms with Crippen molar-refractivity contribution in [3.8, 4) is 6.19 Å². The zero-order chi connectivity index (χ0) is 20.0. The molecule has 0 fully saturated rings. The Balaban J connectivity index is 1.53. The SMILES string of the molecule is N#CN1c2cc(NC(=O)c3ccccc3Cl)ccc2Nc2c1cc1ccccn21. The number of carbonyl (C=O) groups excluding carboxylic acids is 1. The van der Waals surface area contributed by atoms with Crippen molar-refractivity contribution in [3.05, 3.63) is 83.5 Å². The fourth-order valence-corrected chi connectivity index (χ4v) is 3.73. The first-order chi connectivity index (χ1) is 14.2. The zero-order valence-electron chi connectivity index (χ0n) is 15.1. The van der Waals surface area contributed by atoms with Gasteiger partial charge in [-0.15, -0.1) is 0 Å². The summed E-state index contributed by atoms with van der Waals surface area (Å²) in [5, 5.41) is 16.5. The molecule has 0 spiro atoms. The molecule has 1 aliphatic rings. The van der Waals surface area contributed by atoms with E-state index >= 15 is 0 Å². The van der Waals surface area contributed by atoms with Gasteiger partial charge in [0.25, 0.3) is 5.91 Å². The first-order valence-electron chi connectivity index (χ1n) is 8.92. The Bertz CT molecular complexity index is 1320. The highest BCUT2D eigenvalue weighted by atomic mass is 35.5. The van der Waals surface area contributed by atoms with Crippen LogP contribution in [0.15, 0.2) is 72.9 Å². The van der Waals surface area contributed by atoms with Gasteiger partial charge >= 0.3 is 0 Å². The third-order valence-corrected chi connectivity index (χ3v) is 5.20. The van der Waals surface area contributed by atoms with E-state index < -0.39 is 0 Å². The minimum Gasteiger partial charge on any atom is -0.338 e. The fraction of sp³-hybridized carbons (Fsp3) is 0. The van der Waals surface area contributed by atoms with Crippen molar-refractivity contribution < 1.29 is 4.79 Å². The van der Waals surface area contributed by atoms with E-state index in [1.807, 2.05) is 40.9 Å². The molecule has 4 aromatic rings. The molecule has 1 aliphatic heterocycles. The number of nitrogens with zero attached hydrogens (tertiary/aromatic N) is 3. The Morgan fingerprint density at radius 1 is 1.03 bits per heavy atom. The molecule has 3 heterocycles. The first-order valence-corrected chi connectivity index (χ1v) is 9.30. The van der Waals surface area contributed by atoms with Gasteiger partial charge in [0.05, 0.1) is 27.6 Å². The molecule has 2 aromatic heterocycles. The average Bonchev–Trinajstić information content (AvgIpc) is 3.10. The van der Waals surface area contributed by atoms with Gasteiger partial charge in [0.1, 0.15) is 5.82 Å². The normalized spacial score (nSPS) is 11.9. The molecule has 0 bridgehead atoms. The van der Waals surface area contributed by atoms with Crippen molar-refractivity contribution in [2.45, 2.75) is 0 Å². The summed E-state index contributed by atoms with van der Waals surface area (Å²) in [6.07, 6.45) is 4.19. The number of hydrogen-bond acceptors (Lipinski definition) is 4. The number of aromatic nitrogens is 1. The molecule has 0 aliphatic carbocycles. The Morgan fingerprint density at radius 2 is 1.86 bits per heavy atom. The third-order valence-electron chi connectivity index (χ3n) is 4.87. The summed E-state index contributed by atoms with van der Waals surface area (Å²) in [4.78, 5) is 14.1. The highest BCUT2D eigenvalue weighted by molar-refractivity contribution is 6.34. The van der Waals surface area contributed by atoms with Crippen LogP contribution in [0.5, 0.6) is 0 Å². The van der Waals surface area contributed by atoms with Gasteiger partial charge < -0.3 is 15.0 Å². The molecule has 5 rings (SSSR count). The molecule has 0 radical (unpaired) electrons. The van der Waals surface area contributed by atoms with Gasteiger partial charge in [0, 0.05) is 17.4 Å². The van der Waals surface area contributed by atoms with Gasteiger partial charge in [-0.2, -0.15) is 5.26 Å². The lowest BCUT2D eigenvalue weighted by Gasteiger charge is -2.26. The number of pyridine rings is 1. The van der Waals surface area contributed by atoms with E-state index in [1.54, 1.807) is 41.3 Å². The number of amides is 1. The second-order valence-corrected chi connectivity index (χ2v) is 7.01. The topological polar surface area (TPSA) is 72.6 Å². The third kappa shape index (κ3) is 2.76. The minimum atomic E-state index is -0.307. The van der Waals surface area contributed by atoms with Crippen molar-refractivity contribution in [3.63, 3.8) is 0 Å². The average molecular weight is 400 g/mol. The van der Waals surface area contributed by atoms with Crippen LogP contribution in [0.4, 0.5) is 28.6 Å². The van der Waals surface area contributed by atoms with Crippen molar-refractivity contribution in [2.75, 3.05) is 15.5 Å². The molecule has 1 amide bonds. The Labute approximate surface area is 171 Å². The summed E-state index contributed by atoms with van der Waals surface area (Å²) in [7, 11) is 0. The molecule has 29 heavy (non-hydrogen) atoms. The molecule has 6 nitrogen and oxygen atoms in total. The van der Waals surface area contributed by atoms with Crippen molar-refractivity contribution in [2.24, 2.45) is 0 Å². The molecule has 0 saturated heterocycles. The monoisotopic (exact) mass is 399 g/mol. The van der Waals surface area contributed by atoms with Crippen LogP contribution in [-0.4, -0.2) is 10.3 Å². The van der Waals surface area contributed by atoms with Crippen LogP contribution in [0, 0.1) is 11.5 Å². The lowest BCUT2D eigenvalue weighted by molar-refractivity contribution is 0.102. The van der Waals surface area contributed by atoms with Gasteiger partial charge in [-0.3, -0.25) is 4.79 Å². The second kappa shape index (κ2) is 6.59. The lowest BCUT2D eigenvalue weighted by Crippen LogP contribution is -2.18. The van der Waals surface area contributed by atoms with Gasteiger partial charge in [-0.1, -0.05) is 29.8 Å². The van der Waals surface area contributed by atoms with E-state index in [0.717, 1.165) is 22.7 Å². The minimum absolute atomic E-state index is 0.307. The standard InChI is InChI=1S/C22H14ClN5O/c23-17-7-2-1-6-16(17)22(29)25-14-8-9-18-19(11-14)28(13-24)20-12-15-5-3-4-10-27(15)21(20)26-18/h1-12,26H,(H,25,29). The molecule has 2 aromatic carbocycles. The maximum Gasteiger partial charge on any atom is 0.257 e. The Hall–Kier alpha value is -3.95. The van der Waals surface area contributed by atoms with Crippen LogP contribution in [0.3, 0.4) is 0 Å². The molecule has 0 atom stereocenters. The molecule has 2 N–H and O–H groups in total. The zero-order valence-corrected chi connectivity index (χ0v) is 15.8. The summed E-state index contributed by atoms with van der Waals surface area (Å²) in [5.41, 5.74) is 4.13. The van der Waals surface area contributed by atoms with Crippen molar-refractivity contribution in [1.82, 2.24) is 4.40 Å². The number of rotatable bonds is 2. The largest absolute Gasteiger partial charge is 0.338 e. The van der Waals surface area contributed by atoms with Crippen LogP contribution in [0.25, 0.3) is 5.52 Å². The molecular weight excluding hydrogens is 386 g/mol. The summed E-state index contributed by atoms with van der Waals surface area (Å²) >= 11 is 6.12. The number of hydrogen-bond donors (Lipinski definition) is 2. The van der Waals surface area contributed by atoms with E-state index in [2.05, 4.69) is 16.8 Å². The number of anilines is 5. The van der Waals surface area contributed by atoms with Crippen LogP contribution in [0.2, 0.25) is 5.02 Å². The Kier molecular flexibility index (Phi) is 3.90. The molecule has 0 saturated carbocycles. The summed E-state index contributed by atoms with van der Waals surface area (Å²) in [6, 6.07) is 20.1. The van der Waals surface area contributed by atoms with Gasteiger partial charge in [-0.05, 0) is 48.5 Å². The van der Waals surface area contributed by atoms with Gasteiger partial charge in [0.15, 0.2) is 6.19 Å². The number of benzene rings is 2. The molecule has 7 heteroatoms. The summed E-state index contributed by atoms with van der Waals surface area (Å²) < 4.78 is 2.00. The van der Waals surface area contributed by atoms with E-state index in [-0.39, 0.29) is 5.91 Å². The number of nitriles is 1. The van der Waals surface area contributed by atoms with Crippen LogP contribution in [-0.2, 0) is 0 Å². The van der Waals surface area contributed by atoms with Gasteiger partial charge in [0.2, 0.25) is 0 Å². The quantitative estimate of drug-likeness (QED) is 0.435. The predicted octanol–water partition coefficient (Wildman–Crippen LogP) is 5.52. The maximum atomic E-state index is 12.6. The smallest absolute Gasteiger partial charge is 0.257 e. The Morgan fingerprint density at radius 3 is 2.69 bits per heavy atom.